The zero-order chi connectivity index (χ0) is 15.4. The first-order valence-corrected chi connectivity index (χ1v) is 6.39. The van der Waals surface area contributed by atoms with Gasteiger partial charge in [0.25, 0.3) is 5.91 Å². The molecular formula is C15H17N3O3. The average Bonchev–Trinajstić information content (AvgIpc) is 2.45. The van der Waals surface area contributed by atoms with E-state index in [4.69, 9.17) is 9.47 Å². The standard InChI is InChI=1S/C15H17N3O3/c1-9-7-10(2)17-15(16-9)18-14(19)12-6-5-11(20-3)8-13(12)21-4/h5-8H,1-4H3,(H,16,17,18,19). The zero-order valence-corrected chi connectivity index (χ0v) is 12.4. The Balaban J connectivity index is 2.27. The molecule has 0 aliphatic carbocycles. The van der Waals surface area contributed by atoms with Gasteiger partial charge in [-0.15, -0.1) is 0 Å². The third kappa shape index (κ3) is 3.47. The summed E-state index contributed by atoms with van der Waals surface area (Å²) in [6, 6.07) is 6.82. The van der Waals surface area contributed by atoms with E-state index in [-0.39, 0.29) is 11.9 Å². The molecule has 6 heteroatoms. The van der Waals surface area contributed by atoms with Crippen LogP contribution < -0.4 is 14.8 Å². The summed E-state index contributed by atoms with van der Waals surface area (Å²) in [5.74, 6) is 0.983. The number of hydrogen-bond acceptors (Lipinski definition) is 5. The molecule has 0 atom stereocenters. The lowest BCUT2D eigenvalue weighted by molar-refractivity contribution is 0.102. The van der Waals surface area contributed by atoms with E-state index < -0.39 is 0 Å². The molecule has 0 radical (unpaired) electrons. The van der Waals surface area contributed by atoms with Crippen LogP contribution >= 0.6 is 0 Å². The fourth-order valence-electron chi connectivity index (χ4n) is 1.94. The number of aryl methyl sites for hydroxylation is 2. The molecule has 1 amide bonds. The van der Waals surface area contributed by atoms with Crippen LogP contribution in [0.5, 0.6) is 11.5 Å². The minimum absolute atomic E-state index is 0.273. The van der Waals surface area contributed by atoms with Gasteiger partial charge in [-0.05, 0) is 32.0 Å². The molecule has 0 bridgehead atoms. The van der Waals surface area contributed by atoms with Gasteiger partial charge in [0.2, 0.25) is 5.95 Å². The molecule has 0 unspecified atom stereocenters. The number of methoxy groups -OCH3 is 2. The summed E-state index contributed by atoms with van der Waals surface area (Å²) in [4.78, 5) is 20.7. The maximum atomic E-state index is 12.3. The van der Waals surface area contributed by atoms with Gasteiger partial charge in [-0.25, -0.2) is 9.97 Å². The number of nitrogens with one attached hydrogen (secondary N) is 1. The number of amides is 1. The van der Waals surface area contributed by atoms with Gasteiger partial charge in [0.1, 0.15) is 11.5 Å². The van der Waals surface area contributed by atoms with Crippen molar-refractivity contribution >= 4 is 11.9 Å². The number of ether oxygens (including phenoxy) is 2. The van der Waals surface area contributed by atoms with E-state index in [0.29, 0.717) is 17.1 Å². The van der Waals surface area contributed by atoms with Crippen molar-refractivity contribution in [2.45, 2.75) is 13.8 Å². The number of carbonyl (C=O) groups is 1. The first-order chi connectivity index (χ1) is 10.0. The average molecular weight is 287 g/mol. The van der Waals surface area contributed by atoms with Crippen LogP contribution in [-0.4, -0.2) is 30.1 Å². The van der Waals surface area contributed by atoms with E-state index in [2.05, 4.69) is 15.3 Å². The fraction of sp³-hybridized carbons (Fsp3) is 0.267. The normalized spacial score (nSPS) is 10.1. The van der Waals surface area contributed by atoms with E-state index in [0.717, 1.165) is 11.4 Å². The lowest BCUT2D eigenvalue weighted by Gasteiger charge is -2.10. The van der Waals surface area contributed by atoms with Gasteiger partial charge in [-0.1, -0.05) is 0 Å². The van der Waals surface area contributed by atoms with Gasteiger partial charge in [-0.3, -0.25) is 10.1 Å². The molecule has 0 aliphatic heterocycles. The molecule has 1 N–H and O–H groups in total. The fourth-order valence-corrected chi connectivity index (χ4v) is 1.94. The van der Waals surface area contributed by atoms with Gasteiger partial charge >= 0.3 is 0 Å². The van der Waals surface area contributed by atoms with Gasteiger partial charge in [0.15, 0.2) is 0 Å². The number of aromatic nitrogens is 2. The molecule has 6 nitrogen and oxygen atoms in total. The summed E-state index contributed by atoms with van der Waals surface area (Å²) >= 11 is 0. The van der Waals surface area contributed by atoms with Crippen molar-refractivity contribution < 1.29 is 14.3 Å². The van der Waals surface area contributed by atoms with E-state index in [9.17, 15) is 4.79 Å². The molecule has 2 aromatic rings. The first kappa shape index (κ1) is 14.8. The SMILES string of the molecule is COc1ccc(C(=O)Nc2nc(C)cc(C)n2)c(OC)c1. The summed E-state index contributed by atoms with van der Waals surface area (Å²) in [5, 5.41) is 2.67. The van der Waals surface area contributed by atoms with Crippen LogP contribution in [0.15, 0.2) is 24.3 Å². The number of carbonyl (C=O) groups excluding carboxylic acids is 1. The Labute approximate surface area is 123 Å². The molecule has 0 spiro atoms. The Morgan fingerprint density at radius 2 is 1.71 bits per heavy atom. The van der Waals surface area contributed by atoms with Crippen LogP contribution in [0.1, 0.15) is 21.7 Å². The number of hydrogen-bond donors (Lipinski definition) is 1. The molecule has 2 rings (SSSR count). The van der Waals surface area contributed by atoms with Crippen molar-refractivity contribution in [3.63, 3.8) is 0 Å². The Kier molecular flexibility index (Phi) is 4.37. The lowest BCUT2D eigenvalue weighted by atomic mass is 10.2. The Hall–Kier alpha value is -2.63. The largest absolute Gasteiger partial charge is 0.497 e. The van der Waals surface area contributed by atoms with Crippen LogP contribution in [0.3, 0.4) is 0 Å². The summed E-state index contributed by atoms with van der Waals surface area (Å²) in [6.07, 6.45) is 0. The summed E-state index contributed by atoms with van der Waals surface area (Å²) in [7, 11) is 3.05. The number of rotatable bonds is 4. The van der Waals surface area contributed by atoms with Crippen molar-refractivity contribution in [1.82, 2.24) is 9.97 Å². The second kappa shape index (κ2) is 6.21. The van der Waals surface area contributed by atoms with Crippen LogP contribution in [0.2, 0.25) is 0 Å². The molecule has 0 aliphatic rings. The maximum absolute atomic E-state index is 12.3. The first-order valence-electron chi connectivity index (χ1n) is 6.39. The Bertz CT molecular complexity index is 651. The molecule has 0 saturated heterocycles. The van der Waals surface area contributed by atoms with Crippen molar-refractivity contribution in [1.29, 1.82) is 0 Å². The monoisotopic (exact) mass is 287 g/mol. The number of benzene rings is 1. The molecule has 1 aromatic carbocycles. The van der Waals surface area contributed by atoms with Gasteiger partial charge < -0.3 is 9.47 Å². The summed E-state index contributed by atoms with van der Waals surface area (Å²) in [6.45, 7) is 3.69. The molecule has 0 saturated carbocycles. The second-order valence-corrected chi connectivity index (χ2v) is 4.49. The Morgan fingerprint density at radius 1 is 1.05 bits per heavy atom. The number of nitrogens with zero attached hydrogens (tertiary/aromatic N) is 2. The molecule has 1 heterocycles. The van der Waals surface area contributed by atoms with Crippen LogP contribution in [-0.2, 0) is 0 Å². The Morgan fingerprint density at radius 3 is 2.29 bits per heavy atom. The second-order valence-electron chi connectivity index (χ2n) is 4.49. The van der Waals surface area contributed by atoms with Crippen molar-refractivity contribution in [3.8, 4) is 11.5 Å². The topological polar surface area (TPSA) is 73.3 Å². The lowest BCUT2D eigenvalue weighted by Crippen LogP contribution is -2.16. The number of anilines is 1. The molecule has 21 heavy (non-hydrogen) atoms. The molecule has 0 fully saturated rings. The molecule has 1 aromatic heterocycles. The summed E-state index contributed by atoms with van der Waals surface area (Å²) in [5.41, 5.74) is 1.97. The summed E-state index contributed by atoms with van der Waals surface area (Å²) < 4.78 is 10.3. The van der Waals surface area contributed by atoms with Crippen LogP contribution in [0, 0.1) is 13.8 Å². The highest BCUT2D eigenvalue weighted by molar-refractivity contribution is 6.05. The highest BCUT2D eigenvalue weighted by atomic mass is 16.5. The molecule has 110 valence electrons. The highest BCUT2D eigenvalue weighted by Gasteiger charge is 2.14. The zero-order valence-electron chi connectivity index (χ0n) is 12.4. The smallest absolute Gasteiger partial charge is 0.261 e. The van der Waals surface area contributed by atoms with Gasteiger partial charge in [-0.2, -0.15) is 0 Å². The van der Waals surface area contributed by atoms with E-state index in [1.807, 2.05) is 19.9 Å². The van der Waals surface area contributed by atoms with Crippen LogP contribution in [0.4, 0.5) is 5.95 Å². The minimum atomic E-state index is -0.334. The van der Waals surface area contributed by atoms with Crippen molar-refractivity contribution in [2.75, 3.05) is 19.5 Å². The van der Waals surface area contributed by atoms with Crippen molar-refractivity contribution in [3.05, 3.63) is 41.2 Å². The minimum Gasteiger partial charge on any atom is -0.497 e. The van der Waals surface area contributed by atoms with Crippen LogP contribution in [0.25, 0.3) is 0 Å². The highest BCUT2D eigenvalue weighted by Crippen LogP contribution is 2.25. The third-order valence-electron chi connectivity index (χ3n) is 2.86. The predicted molar refractivity (Wildman–Crippen MR) is 79.0 cm³/mol. The van der Waals surface area contributed by atoms with Gasteiger partial charge in [0, 0.05) is 17.5 Å². The third-order valence-corrected chi connectivity index (χ3v) is 2.86. The quantitative estimate of drug-likeness (QED) is 0.934. The van der Waals surface area contributed by atoms with E-state index >= 15 is 0 Å². The maximum Gasteiger partial charge on any atom is 0.261 e. The predicted octanol–water partition coefficient (Wildman–Crippen LogP) is 2.36. The van der Waals surface area contributed by atoms with E-state index in [1.54, 1.807) is 25.3 Å². The van der Waals surface area contributed by atoms with Gasteiger partial charge in [0.05, 0.1) is 19.8 Å². The van der Waals surface area contributed by atoms with E-state index in [1.165, 1.54) is 7.11 Å². The van der Waals surface area contributed by atoms with Crippen molar-refractivity contribution in [2.24, 2.45) is 0 Å². The molecular weight excluding hydrogens is 270 g/mol.